The Labute approximate surface area is 119 Å². The number of β-amino-alcohol motifs (C(OH)–C–C–N with tert-alkyl or cyclic N) is 1. The number of piperazine rings is 1. The molecule has 0 radical (unpaired) electrons. The summed E-state index contributed by atoms with van der Waals surface area (Å²) in [6, 6.07) is 1.39. The molecule has 0 spiro atoms. The molecule has 2 rings (SSSR count). The highest BCUT2D eigenvalue weighted by Gasteiger charge is 2.36. The number of nitrogens with zero attached hydrogens (tertiary/aromatic N) is 4. The molecule has 2 heterocycles. The molecule has 1 aromatic heterocycles. The quantitative estimate of drug-likeness (QED) is 0.528. The second-order valence-electron chi connectivity index (χ2n) is 4.63. The lowest BCUT2D eigenvalue weighted by Crippen LogP contribution is -2.47. The molecule has 1 saturated heterocycles. The van der Waals surface area contributed by atoms with Gasteiger partial charge >= 0.3 is 6.18 Å². The maximum absolute atomic E-state index is 12.8. The lowest BCUT2D eigenvalue weighted by molar-refractivity contribution is -0.144. The topological polar surface area (TPSA) is 90.5 Å². The van der Waals surface area contributed by atoms with E-state index in [2.05, 4.69) is 15.4 Å². The maximum Gasteiger partial charge on any atom is 0.451 e. The van der Waals surface area contributed by atoms with Crippen molar-refractivity contribution in [1.29, 1.82) is 0 Å². The number of nitrogens with one attached hydrogen (secondary N) is 1. The van der Waals surface area contributed by atoms with E-state index < -0.39 is 12.0 Å². The average molecular weight is 306 g/mol. The van der Waals surface area contributed by atoms with E-state index >= 15 is 0 Å². The minimum atomic E-state index is -4.62. The fourth-order valence-electron chi connectivity index (χ4n) is 2.14. The molecule has 0 aliphatic carbocycles. The zero-order valence-electron chi connectivity index (χ0n) is 11.3. The van der Waals surface area contributed by atoms with Crippen molar-refractivity contribution in [1.82, 2.24) is 14.9 Å². The Hall–Kier alpha value is -1.65. The highest BCUT2D eigenvalue weighted by Crippen LogP contribution is 2.29. The summed E-state index contributed by atoms with van der Waals surface area (Å²) in [6.07, 6.45) is -4.62. The van der Waals surface area contributed by atoms with Gasteiger partial charge in [0.2, 0.25) is 5.82 Å². The van der Waals surface area contributed by atoms with E-state index in [0.29, 0.717) is 32.7 Å². The minimum absolute atomic E-state index is 0.0625. The van der Waals surface area contributed by atoms with Gasteiger partial charge in [0.25, 0.3) is 0 Å². The third kappa shape index (κ3) is 3.93. The molecule has 21 heavy (non-hydrogen) atoms. The van der Waals surface area contributed by atoms with Crippen LogP contribution in [0.25, 0.3) is 0 Å². The molecule has 0 atom stereocenters. The molecule has 1 aliphatic heterocycles. The van der Waals surface area contributed by atoms with Gasteiger partial charge in [0.1, 0.15) is 11.6 Å². The van der Waals surface area contributed by atoms with E-state index in [0.717, 1.165) is 0 Å². The number of alkyl halides is 3. The van der Waals surface area contributed by atoms with Crippen LogP contribution in [0.3, 0.4) is 0 Å². The van der Waals surface area contributed by atoms with Gasteiger partial charge in [-0.2, -0.15) is 13.2 Å². The summed E-state index contributed by atoms with van der Waals surface area (Å²) in [5.41, 5.74) is 2.13. The number of nitrogens with two attached hydrogens (primary N) is 1. The van der Waals surface area contributed by atoms with Gasteiger partial charge in [0, 0.05) is 38.8 Å². The summed E-state index contributed by atoms with van der Waals surface area (Å²) < 4.78 is 38.3. The fourth-order valence-corrected chi connectivity index (χ4v) is 2.14. The first-order chi connectivity index (χ1) is 9.94. The Kier molecular flexibility index (Phi) is 4.80. The largest absolute Gasteiger partial charge is 0.451 e. The van der Waals surface area contributed by atoms with Crippen molar-refractivity contribution in [2.75, 3.05) is 49.7 Å². The first kappa shape index (κ1) is 15.7. The molecule has 4 N–H and O–H groups in total. The summed E-state index contributed by atoms with van der Waals surface area (Å²) in [4.78, 5) is 10.7. The number of aromatic nitrogens is 2. The normalized spacial score (nSPS) is 17.1. The number of nitrogen functional groups attached to an aromatic ring is 1. The summed E-state index contributed by atoms with van der Waals surface area (Å²) in [5.74, 6) is 4.05. The monoisotopic (exact) mass is 306 g/mol. The molecule has 1 fully saturated rings. The second kappa shape index (κ2) is 6.41. The standard InChI is InChI=1S/C11H17F3N6O/c12-11(13,14)10-16-8(18-15)7-9(17-10)20-3-1-19(2-4-20)5-6-21/h7,21H,1-6,15H2,(H,16,17,18). The minimum Gasteiger partial charge on any atom is -0.395 e. The highest BCUT2D eigenvalue weighted by molar-refractivity contribution is 5.49. The van der Waals surface area contributed by atoms with Gasteiger partial charge in [0.15, 0.2) is 0 Å². The summed E-state index contributed by atoms with van der Waals surface area (Å²) in [6.45, 7) is 2.97. The van der Waals surface area contributed by atoms with Crippen molar-refractivity contribution < 1.29 is 18.3 Å². The molecule has 10 heteroatoms. The molecular weight excluding hydrogens is 289 g/mol. The fraction of sp³-hybridized carbons (Fsp3) is 0.636. The van der Waals surface area contributed by atoms with E-state index in [1.54, 1.807) is 4.90 Å². The van der Waals surface area contributed by atoms with Gasteiger partial charge in [0.05, 0.1) is 6.61 Å². The average Bonchev–Trinajstić information content (AvgIpc) is 2.47. The van der Waals surface area contributed by atoms with Crippen molar-refractivity contribution >= 4 is 11.6 Å². The molecule has 0 unspecified atom stereocenters. The van der Waals surface area contributed by atoms with Crippen molar-refractivity contribution in [2.24, 2.45) is 5.84 Å². The Bertz CT molecular complexity index is 476. The smallest absolute Gasteiger partial charge is 0.395 e. The molecule has 1 aromatic rings. The van der Waals surface area contributed by atoms with Gasteiger partial charge in [-0.25, -0.2) is 15.8 Å². The lowest BCUT2D eigenvalue weighted by atomic mass is 10.3. The third-order valence-corrected chi connectivity index (χ3v) is 3.23. The molecule has 7 nitrogen and oxygen atoms in total. The van der Waals surface area contributed by atoms with Crippen molar-refractivity contribution in [3.8, 4) is 0 Å². The Morgan fingerprint density at radius 2 is 1.90 bits per heavy atom. The Morgan fingerprint density at radius 3 is 2.43 bits per heavy atom. The van der Waals surface area contributed by atoms with Crippen LogP contribution < -0.4 is 16.2 Å². The van der Waals surface area contributed by atoms with Gasteiger partial charge < -0.3 is 15.4 Å². The molecule has 0 bridgehead atoms. The van der Waals surface area contributed by atoms with E-state index in [1.807, 2.05) is 4.90 Å². The molecule has 1 aliphatic rings. The summed E-state index contributed by atoms with van der Waals surface area (Å²) in [7, 11) is 0. The van der Waals surface area contributed by atoms with Crippen molar-refractivity contribution in [3.05, 3.63) is 11.9 Å². The van der Waals surface area contributed by atoms with E-state index in [4.69, 9.17) is 10.9 Å². The summed E-state index contributed by atoms with van der Waals surface area (Å²) >= 11 is 0. The number of anilines is 2. The zero-order chi connectivity index (χ0) is 15.5. The van der Waals surface area contributed by atoms with Crippen molar-refractivity contribution in [2.45, 2.75) is 6.18 Å². The van der Waals surface area contributed by atoms with Crippen LogP contribution >= 0.6 is 0 Å². The van der Waals surface area contributed by atoms with E-state index in [9.17, 15) is 13.2 Å². The molecule has 0 amide bonds. The number of hydrazine groups is 1. The second-order valence-corrected chi connectivity index (χ2v) is 4.63. The number of halogens is 3. The van der Waals surface area contributed by atoms with Crippen LogP contribution in [0.1, 0.15) is 5.82 Å². The van der Waals surface area contributed by atoms with E-state index in [1.165, 1.54) is 6.07 Å². The highest BCUT2D eigenvalue weighted by atomic mass is 19.4. The van der Waals surface area contributed by atoms with Crippen LogP contribution in [0.5, 0.6) is 0 Å². The zero-order valence-corrected chi connectivity index (χ0v) is 11.3. The van der Waals surface area contributed by atoms with Gasteiger partial charge in [-0.05, 0) is 0 Å². The summed E-state index contributed by atoms with van der Waals surface area (Å²) in [5, 5.41) is 8.87. The lowest BCUT2D eigenvalue weighted by Gasteiger charge is -2.35. The van der Waals surface area contributed by atoms with Crippen LogP contribution in [-0.2, 0) is 6.18 Å². The first-order valence-electron chi connectivity index (χ1n) is 6.45. The van der Waals surface area contributed by atoms with Crippen LogP contribution in [0.15, 0.2) is 6.07 Å². The number of aliphatic hydroxyl groups is 1. The van der Waals surface area contributed by atoms with Crippen molar-refractivity contribution in [3.63, 3.8) is 0 Å². The van der Waals surface area contributed by atoms with Crippen LogP contribution in [0.4, 0.5) is 24.8 Å². The van der Waals surface area contributed by atoms with Crippen LogP contribution in [-0.4, -0.2) is 59.3 Å². The van der Waals surface area contributed by atoms with Gasteiger partial charge in [-0.3, -0.25) is 4.90 Å². The number of hydrogen-bond acceptors (Lipinski definition) is 7. The molecular formula is C11H17F3N6O. The third-order valence-electron chi connectivity index (χ3n) is 3.23. The Balaban J connectivity index is 2.16. The predicted octanol–water partition coefficient (Wildman–Crippen LogP) is -0.105. The van der Waals surface area contributed by atoms with Crippen LogP contribution in [0, 0.1) is 0 Å². The van der Waals surface area contributed by atoms with Gasteiger partial charge in [-0.15, -0.1) is 0 Å². The molecule has 0 aromatic carbocycles. The Morgan fingerprint density at radius 1 is 1.24 bits per heavy atom. The van der Waals surface area contributed by atoms with Crippen LogP contribution in [0.2, 0.25) is 0 Å². The predicted molar refractivity (Wildman–Crippen MR) is 70.6 cm³/mol. The number of rotatable bonds is 4. The molecule has 0 saturated carbocycles. The SMILES string of the molecule is NNc1cc(N2CCN(CCO)CC2)nc(C(F)(F)F)n1. The number of aliphatic hydroxyl groups excluding tert-OH is 1. The number of hydrogen-bond donors (Lipinski definition) is 3. The van der Waals surface area contributed by atoms with Gasteiger partial charge in [-0.1, -0.05) is 0 Å². The van der Waals surface area contributed by atoms with E-state index in [-0.39, 0.29) is 18.2 Å². The molecule has 118 valence electrons. The maximum atomic E-state index is 12.8. The first-order valence-corrected chi connectivity index (χ1v) is 6.45.